The zero-order valence-electron chi connectivity index (χ0n) is 8.80. The average Bonchev–Trinajstić information content (AvgIpc) is 2.26. The van der Waals surface area contributed by atoms with E-state index in [1.54, 1.807) is 12.1 Å². The van der Waals surface area contributed by atoms with Crippen LogP contribution in [-0.4, -0.2) is 0 Å². The Morgan fingerprint density at radius 2 is 1.75 bits per heavy atom. The van der Waals surface area contributed by atoms with Crippen molar-refractivity contribution >= 4 is 28.9 Å². The van der Waals surface area contributed by atoms with Crippen molar-refractivity contribution < 1.29 is 0 Å². The fourth-order valence-electron chi connectivity index (χ4n) is 1.65. The molecule has 0 aliphatic rings. The van der Waals surface area contributed by atoms with Crippen LogP contribution in [0.1, 0.15) is 5.56 Å². The van der Waals surface area contributed by atoms with Gasteiger partial charge in [-0.2, -0.15) is 0 Å². The molecule has 0 bridgehead atoms. The van der Waals surface area contributed by atoms with Crippen LogP contribution in [0.4, 0.5) is 5.69 Å². The summed E-state index contributed by atoms with van der Waals surface area (Å²) < 4.78 is 0. The number of benzene rings is 2. The molecule has 0 aliphatic carbocycles. The molecule has 1 nitrogen and oxygen atoms in total. The smallest absolute Gasteiger partial charge is 0.0485 e. The zero-order chi connectivity index (χ0) is 11.7. The highest BCUT2D eigenvalue weighted by atomic mass is 35.5. The Morgan fingerprint density at radius 1 is 1.00 bits per heavy atom. The maximum Gasteiger partial charge on any atom is 0.0485 e. The first-order valence-corrected chi connectivity index (χ1v) is 5.65. The predicted octanol–water partition coefficient (Wildman–Crippen LogP) is 4.55. The van der Waals surface area contributed by atoms with Gasteiger partial charge in [0.2, 0.25) is 0 Å². The van der Waals surface area contributed by atoms with Crippen molar-refractivity contribution in [2.24, 2.45) is 0 Å². The molecule has 0 heterocycles. The molecular formula is C13H11Cl2N. The second-order valence-corrected chi connectivity index (χ2v) is 4.49. The summed E-state index contributed by atoms with van der Waals surface area (Å²) in [6.07, 6.45) is 0. The Labute approximate surface area is 105 Å². The Balaban J connectivity index is 2.67. The molecule has 2 aromatic rings. The van der Waals surface area contributed by atoms with Gasteiger partial charge in [0.05, 0.1) is 0 Å². The minimum Gasteiger partial charge on any atom is -0.398 e. The Bertz CT molecular complexity index is 535. The topological polar surface area (TPSA) is 26.0 Å². The second-order valence-electron chi connectivity index (χ2n) is 3.64. The van der Waals surface area contributed by atoms with Crippen LogP contribution in [0.5, 0.6) is 0 Å². The molecular weight excluding hydrogens is 241 g/mol. The molecule has 16 heavy (non-hydrogen) atoms. The van der Waals surface area contributed by atoms with E-state index in [1.807, 2.05) is 31.2 Å². The molecule has 0 saturated carbocycles. The van der Waals surface area contributed by atoms with E-state index >= 15 is 0 Å². The summed E-state index contributed by atoms with van der Waals surface area (Å²) in [5.41, 5.74) is 9.58. The van der Waals surface area contributed by atoms with Gasteiger partial charge >= 0.3 is 0 Å². The number of hydrogen-bond acceptors (Lipinski definition) is 1. The number of hydrogen-bond donors (Lipinski definition) is 1. The van der Waals surface area contributed by atoms with Crippen LogP contribution in [0.2, 0.25) is 10.0 Å². The monoisotopic (exact) mass is 251 g/mol. The molecule has 0 fully saturated rings. The number of nitrogens with two attached hydrogens (primary N) is 1. The summed E-state index contributed by atoms with van der Waals surface area (Å²) >= 11 is 12.1. The van der Waals surface area contributed by atoms with E-state index in [1.165, 1.54) is 0 Å². The summed E-state index contributed by atoms with van der Waals surface area (Å²) in [6.45, 7) is 1.97. The minimum absolute atomic E-state index is 0.668. The largest absolute Gasteiger partial charge is 0.398 e. The van der Waals surface area contributed by atoms with Crippen molar-refractivity contribution in [3.8, 4) is 11.1 Å². The van der Waals surface area contributed by atoms with Crippen LogP contribution >= 0.6 is 23.2 Å². The minimum atomic E-state index is 0.668. The van der Waals surface area contributed by atoms with Gasteiger partial charge in [-0.05, 0) is 42.3 Å². The molecule has 0 aromatic heterocycles. The first-order valence-electron chi connectivity index (χ1n) is 4.90. The molecule has 0 atom stereocenters. The lowest BCUT2D eigenvalue weighted by Gasteiger charge is -2.10. The van der Waals surface area contributed by atoms with Gasteiger partial charge in [-0.15, -0.1) is 0 Å². The lowest BCUT2D eigenvalue weighted by Crippen LogP contribution is -1.92. The van der Waals surface area contributed by atoms with Gasteiger partial charge in [0, 0.05) is 21.3 Å². The number of nitrogen functional groups attached to an aromatic ring is 1. The summed E-state index contributed by atoms with van der Waals surface area (Å²) in [4.78, 5) is 0. The molecule has 3 heteroatoms. The van der Waals surface area contributed by atoms with Crippen LogP contribution in [-0.2, 0) is 0 Å². The van der Waals surface area contributed by atoms with E-state index in [2.05, 4.69) is 0 Å². The highest BCUT2D eigenvalue weighted by molar-refractivity contribution is 6.35. The van der Waals surface area contributed by atoms with Gasteiger partial charge in [-0.3, -0.25) is 0 Å². The molecule has 0 saturated heterocycles. The fourth-order valence-corrected chi connectivity index (χ4v) is 2.04. The van der Waals surface area contributed by atoms with Gasteiger partial charge in [0.25, 0.3) is 0 Å². The molecule has 0 amide bonds. The second kappa shape index (κ2) is 4.36. The predicted molar refractivity (Wildman–Crippen MR) is 71.0 cm³/mol. The van der Waals surface area contributed by atoms with E-state index in [0.717, 1.165) is 22.4 Å². The lowest BCUT2D eigenvalue weighted by molar-refractivity contribution is 1.46. The maximum absolute atomic E-state index is 6.16. The van der Waals surface area contributed by atoms with Gasteiger partial charge in [-0.1, -0.05) is 35.3 Å². The van der Waals surface area contributed by atoms with Crippen molar-refractivity contribution in [1.29, 1.82) is 0 Å². The first-order chi connectivity index (χ1) is 7.59. The third-order valence-electron chi connectivity index (χ3n) is 2.59. The third-order valence-corrected chi connectivity index (χ3v) is 3.16. The summed E-state index contributed by atoms with van der Waals surface area (Å²) in [5.74, 6) is 0. The Hall–Kier alpha value is -1.18. The molecule has 2 rings (SSSR count). The summed E-state index contributed by atoms with van der Waals surface area (Å²) in [7, 11) is 0. The molecule has 0 spiro atoms. The van der Waals surface area contributed by atoms with Crippen LogP contribution in [0.3, 0.4) is 0 Å². The van der Waals surface area contributed by atoms with Gasteiger partial charge in [-0.25, -0.2) is 0 Å². The van der Waals surface area contributed by atoms with E-state index in [-0.39, 0.29) is 0 Å². The number of rotatable bonds is 1. The molecule has 0 radical (unpaired) electrons. The molecule has 2 N–H and O–H groups in total. The molecule has 2 aromatic carbocycles. The fraction of sp³-hybridized carbons (Fsp3) is 0.0769. The van der Waals surface area contributed by atoms with Crippen molar-refractivity contribution in [1.82, 2.24) is 0 Å². The van der Waals surface area contributed by atoms with Crippen LogP contribution in [0.15, 0.2) is 36.4 Å². The van der Waals surface area contributed by atoms with E-state index < -0.39 is 0 Å². The Kier molecular flexibility index (Phi) is 3.08. The first kappa shape index (κ1) is 11.3. The van der Waals surface area contributed by atoms with Crippen LogP contribution in [0.25, 0.3) is 11.1 Å². The van der Waals surface area contributed by atoms with Gasteiger partial charge in [0.1, 0.15) is 0 Å². The standard InChI is InChI=1S/C13H11Cl2N/c1-8-10(3-2-4-13(8)16)11-7-9(14)5-6-12(11)15/h2-7H,16H2,1H3. The SMILES string of the molecule is Cc1c(N)cccc1-c1cc(Cl)ccc1Cl. The van der Waals surface area contributed by atoms with E-state index in [4.69, 9.17) is 28.9 Å². The number of halogens is 2. The van der Waals surface area contributed by atoms with E-state index in [9.17, 15) is 0 Å². The van der Waals surface area contributed by atoms with Gasteiger partial charge < -0.3 is 5.73 Å². The van der Waals surface area contributed by atoms with Crippen molar-refractivity contribution in [3.63, 3.8) is 0 Å². The average molecular weight is 252 g/mol. The number of anilines is 1. The molecule has 0 aliphatic heterocycles. The molecule has 82 valence electrons. The van der Waals surface area contributed by atoms with Crippen molar-refractivity contribution in [2.45, 2.75) is 6.92 Å². The van der Waals surface area contributed by atoms with E-state index in [0.29, 0.717) is 10.0 Å². The maximum atomic E-state index is 6.16. The summed E-state index contributed by atoms with van der Waals surface area (Å²) in [6, 6.07) is 11.2. The quantitative estimate of drug-likeness (QED) is 0.740. The molecule has 0 unspecified atom stereocenters. The summed E-state index contributed by atoms with van der Waals surface area (Å²) in [5, 5.41) is 1.35. The van der Waals surface area contributed by atoms with Gasteiger partial charge in [0.15, 0.2) is 0 Å². The van der Waals surface area contributed by atoms with Crippen molar-refractivity contribution in [2.75, 3.05) is 5.73 Å². The third kappa shape index (κ3) is 2.01. The highest BCUT2D eigenvalue weighted by Crippen LogP contribution is 2.34. The lowest BCUT2D eigenvalue weighted by atomic mass is 9.99. The Morgan fingerprint density at radius 3 is 2.50 bits per heavy atom. The van der Waals surface area contributed by atoms with Crippen LogP contribution in [0, 0.1) is 6.92 Å². The highest BCUT2D eigenvalue weighted by Gasteiger charge is 2.08. The normalized spacial score (nSPS) is 10.4. The van der Waals surface area contributed by atoms with Crippen molar-refractivity contribution in [3.05, 3.63) is 52.0 Å². The van der Waals surface area contributed by atoms with Crippen LogP contribution < -0.4 is 5.73 Å². The zero-order valence-corrected chi connectivity index (χ0v) is 10.3.